The van der Waals surface area contributed by atoms with E-state index >= 15 is 0 Å². The summed E-state index contributed by atoms with van der Waals surface area (Å²) in [5.41, 5.74) is 2.40. The van der Waals surface area contributed by atoms with Crippen LogP contribution in [-0.4, -0.2) is 62.3 Å². The molecule has 190 valence electrons. The van der Waals surface area contributed by atoms with Gasteiger partial charge in [-0.2, -0.15) is 0 Å². The SMILES string of the molecule is CC(=O)OC[C@H]1O[C@@H](n2cnc3c(-c4ccc5ccccc5c4)ncnc32)C(OC(C)=O)C1OC(C)=O. The van der Waals surface area contributed by atoms with Crippen molar-refractivity contribution in [2.45, 2.75) is 45.3 Å². The lowest BCUT2D eigenvalue weighted by molar-refractivity contribution is -0.166. The van der Waals surface area contributed by atoms with Crippen molar-refractivity contribution >= 4 is 39.8 Å². The predicted octanol–water partition coefficient (Wildman–Crippen LogP) is 2.97. The minimum absolute atomic E-state index is 0.203. The first-order valence-electron chi connectivity index (χ1n) is 11.6. The van der Waals surface area contributed by atoms with Crippen LogP contribution in [0.5, 0.6) is 0 Å². The molecule has 0 bridgehead atoms. The van der Waals surface area contributed by atoms with Crippen LogP contribution in [0.1, 0.15) is 27.0 Å². The standard InChI is InChI=1S/C26H24N4O7/c1-14(31)34-11-20-23(35-15(2)32)24(36-16(3)33)26(37-20)30-13-29-22-21(27-12-28-25(22)30)19-9-8-17-6-4-5-7-18(17)10-19/h4-10,12-13,20,23-24,26H,11H2,1-3H3/t20-,23?,24?,26-/m1/s1. The van der Waals surface area contributed by atoms with E-state index in [2.05, 4.69) is 15.0 Å². The first-order chi connectivity index (χ1) is 17.8. The van der Waals surface area contributed by atoms with E-state index in [-0.39, 0.29) is 6.61 Å². The fraction of sp³-hybridized carbons (Fsp3) is 0.308. The Balaban J connectivity index is 1.56. The van der Waals surface area contributed by atoms with Gasteiger partial charge in [-0.05, 0) is 16.8 Å². The number of aromatic nitrogens is 4. The molecule has 11 heteroatoms. The summed E-state index contributed by atoms with van der Waals surface area (Å²) in [5, 5.41) is 2.15. The van der Waals surface area contributed by atoms with Gasteiger partial charge < -0.3 is 18.9 Å². The molecule has 3 heterocycles. The molecule has 37 heavy (non-hydrogen) atoms. The third-order valence-corrected chi connectivity index (χ3v) is 6.00. The Bertz CT molecular complexity index is 1500. The Morgan fingerprint density at radius 1 is 0.892 bits per heavy atom. The van der Waals surface area contributed by atoms with E-state index in [0.29, 0.717) is 16.9 Å². The summed E-state index contributed by atoms with van der Waals surface area (Å²) >= 11 is 0. The maximum absolute atomic E-state index is 12.0. The lowest BCUT2D eigenvalue weighted by atomic mass is 10.0. The van der Waals surface area contributed by atoms with Crippen molar-refractivity contribution in [3.05, 3.63) is 55.1 Å². The van der Waals surface area contributed by atoms with Crippen molar-refractivity contribution in [2.75, 3.05) is 6.61 Å². The highest BCUT2D eigenvalue weighted by Crippen LogP contribution is 2.37. The van der Waals surface area contributed by atoms with Gasteiger partial charge in [0.1, 0.15) is 30.2 Å². The average molecular weight is 504 g/mol. The molecule has 4 aromatic rings. The summed E-state index contributed by atoms with van der Waals surface area (Å²) in [6.45, 7) is 3.53. The molecule has 1 saturated heterocycles. The van der Waals surface area contributed by atoms with Gasteiger partial charge in [0, 0.05) is 26.3 Å². The first-order valence-corrected chi connectivity index (χ1v) is 11.6. The second kappa shape index (κ2) is 9.94. The minimum atomic E-state index is -1.04. The number of ether oxygens (including phenoxy) is 4. The van der Waals surface area contributed by atoms with Gasteiger partial charge >= 0.3 is 17.9 Å². The number of carbonyl (C=O) groups excluding carboxylic acids is 3. The summed E-state index contributed by atoms with van der Waals surface area (Å²) in [7, 11) is 0. The van der Waals surface area contributed by atoms with Crippen LogP contribution in [0.2, 0.25) is 0 Å². The monoisotopic (exact) mass is 504 g/mol. The molecule has 0 aliphatic carbocycles. The molecular formula is C26H24N4O7. The predicted molar refractivity (Wildman–Crippen MR) is 130 cm³/mol. The maximum atomic E-state index is 12.0. The molecule has 0 N–H and O–H groups in total. The van der Waals surface area contributed by atoms with E-state index in [1.165, 1.54) is 33.4 Å². The van der Waals surface area contributed by atoms with Crippen LogP contribution in [0, 0.1) is 0 Å². The lowest BCUT2D eigenvalue weighted by Gasteiger charge is -2.23. The second-order valence-corrected chi connectivity index (χ2v) is 8.62. The number of benzene rings is 2. The zero-order valence-electron chi connectivity index (χ0n) is 20.4. The van der Waals surface area contributed by atoms with Crippen molar-refractivity contribution in [3.63, 3.8) is 0 Å². The third-order valence-electron chi connectivity index (χ3n) is 6.00. The molecule has 1 aliphatic rings. The number of rotatable bonds is 6. The van der Waals surface area contributed by atoms with Crippen LogP contribution < -0.4 is 0 Å². The average Bonchev–Trinajstić information content (AvgIpc) is 3.43. The number of esters is 3. The first kappa shape index (κ1) is 24.3. The molecule has 2 unspecified atom stereocenters. The van der Waals surface area contributed by atoms with E-state index in [4.69, 9.17) is 18.9 Å². The molecule has 1 aliphatic heterocycles. The van der Waals surface area contributed by atoms with Crippen LogP contribution in [0.15, 0.2) is 55.1 Å². The van der Waals surface area contributed by atoms with Gasteiger partial charge in [-0.1, -0.05) is 36.4 Å². The molecule has 0 spiro atoms. The van der Waals surface area contributed by atoms with Crippen LogP contribution in [-0.2, 0) is 33.3 Å². The normalized spacial score (nSPS) is 21.2. The number of nitrogens with zero attached hydrogens (tertiary/aromatic N) is 4. The molecule has 2 aromatic heterocycles. The second-order valence-electron chi connectivity index (χ2n) is 8.62. The molecule has 4 atom stereocenters. The Labute approximate surface area is 211 Å². The summed E-state index contributed by atoms with van der Waals surface area (Å²) in [5.74, 6) is -1.73. The fourth-order valence-electron chi connectivity index (χ4n) is 4.50. The van der Waals surface area contributed by atoms with Gasteiger partial charge in [0.25, 0.3) is 0 Å². The summed E-state index contributed by atoms with van der Waals surface area (Å²) in [4.78, 5) is 48.7. The highest BCUT2D eigenvalue weighted by Gasteiger charge is 2.51. The van der Waals surface area contributed by atoms with Crippen molar-refractivity contribution < 1.29 is 33.3 Å². The van der Waals surface area contributed by atoms with E-state index in [1.54, 1.807) is 4.57 Å². The Hall–Kier alpha value is -4.38. The molecule has 0 amide bonds. The third kappa shape index (κ3) is 4.85. The van der Waals surface area contributed by atoms with Crippen LogP contribution in [0.25, 0.3) is 33.2 Å². The van der Waals surface area contributed by atoms with Crippen molar-refractivity contribution in [1.29, 1.82) is 0 Å². The molecule has 11 nitrogen and oxygen atoms in total. The van der Waals surface area contributed by atoms with Gasteiger partial charge in [-0.3, -0.25) is 19.0 Å². The molecule has 0 saturated carbocycles. The van der Waals surface area contributed by atoms with Crippen LogP contribution >= 0.6 is 0 Å². The zero-order chi connectivity index (χ0) is 26.1. The number of hydrogen-bond acceptors (Lipinski definition) is 10. The van der Waals surface area contributed by atoms with Crippen LogP contribution in [0.3, 0.4) is 0 Å². The maximum Gasteiger partial charge on any atom is 0.303 e. The number of imidazole rings is 1. The topological polar surface area (TPSA) is 132 Å². The summed E-state index contributed by atoms with van der Waals surface area (Å²) < 4.78 is 23.8. The molecular weight excluding hydrogens is 480 g/mol. The Kier molecular flexibility index (Phi) is 6.53. The van der Waals surface area contributed by atoms with Gasteiger partial charge in [0.2, 0.25) is 0 Å². The number of fused-ring (bicyclic) bond motifs is 2. The molecule has 0 radical (unpaired) electrons. The van der Waals surface area contributed by atoms with Gasteiger partial charge in [0.15, 0.2) is 24.1 Å². The van der Waals surface area contributed by atoms with Crippen molar-refractivity contribution in [1.82, 2.24) is 19.5 Å². The number of carbonyl (C=O) groups is 3. The zero-order valence-corrected chi connectivity index (χ0v) is 20.4. The van der Waals surface area contributed by atoms with Crippen molar-refractivity contribution in [2.24, 2.45) is 0 Å². The lowest BCUT2D eigenvalue weighted by Crippen LogP contribution is -2.40. The Morgan fingerprint density at radius 2 is 1.62 bits per heavy atom. The summed E-state index contributed by atoms with van der Waals surface area (Å²) in [6, 6.07) is 14.0. The van der Waals surface area contributed by atoms with Gasteiger partial charge in [-0.15, -0.1) is 0 Å². The minimum Gasteiger partial charge on any atom is -0.463 e. The van der Waals surface area contributed by atoms with E-state index in [9.17, 15) is 14.4 Å². The van der Waals surface area contributed by atoms with Gasteiger partial charge in [-0.25, -0.2) is 15.0 Å². The molecule has 2 aromatic carbocycles. The number of hydrogen-bond donors (Lipinski definition) is 0. The van der Waals surface area contributed by atoms with E-state index in [0.717, 1.165) is 16.3 Å². The van der Waals surface area contributed by atoms with E-state index < -0.39 is 42.4 Å². The summed E-state index contributed by atoms with van der Waals surface area (Å²) in [6.07, 6.45) is -0.992. The fourth-order valence-corrected chi connectivity index (χ4v) is 4.50. The Morgan fingerprint density at radius 3 is 2.35 bits per heavy atom. The highest BCUT2D eigenvalue weighted by molar-refractivity contribution is 5.92. The smallest absolute Gasteiger partial charge is 0.303 e. The van der Waals surface area contributed by atoms with E-state index in [1.807, 2.05) is 42.5 Å². The quantitative estimate of drug-likeness (QED) is 0.285. The largest absolute Gasteiger partial charge is 0.463 e. The van der Waals surface area contributed by atoms with Gasteiger partial charge in [0.05, 0.1) is 6.33 Å². The van der Waals surface area contributed by atoms with Crippen molar-refractivity contribution in [3.8, 4) is 11.3 Å². The van der Waals surface area contributed by atoms with Crippen LogP contribution in [0.4, 0.5) is 0 Å². The molecule has 5 rings (SSSR count). The molecule has 1 fully saturated rings. The highest BCUT2D eigenvalue weighted by atomic mass is 16.7.